The summed E-state index contributed by atoms with van der Waals surface area (Å²) in [6, 6.07) is 9.34. The molecule has 0 radical (unpaired) electrons. The number of hydrogen-bond donors (Lipinski definition) is 1. The lowest BCUT2D eigenvalue weighted by atomic mass is 9.95. The Balaban J connectivity index is 1.58. The fraction of sp³-hybridized carbons (Fsp3) is 0.280. The third-order valence-corrected chi connectivity index (χ3v) is 7.05. The van der Waals surface area contributed by atoms with Gasteiger partial charge in [0.2, 0.25) is 0 Å². The average molecular weight is 461 g/mol. The molecule has 1 aliphatic carbocycles. The number of rotatable bonds is 5. The van der Waals surface area contributed by atoms with E-state index < -0.39 is 0 Å². The lowest BCUT2D eigenvalue weighted by molar-refractivity contribution is 0.0526. The van der Waals surface area contributed by atoms with Crippen molar-refractivity contribution < 1.29 is 14.3 Å². The number of aryl methyl sites for hydroxylation is 2. The van der Waals surface area contributed by atoms with Crippen LogP contribution < -0.4 is 5.32 Å². The molecule has 33 heavy (non-hydrogen) atoms. The van der Waals surface area contributed by atoms with E-state index in [9.17, 15) is 9.59 Å². The Bertz CT molecular complexity index is 1370. The van der Waals surface area contributed by atoms with Crippen molar-refractivity contribution >= 4 is 39.1 Å². The standard InChI is InChI=1S/C25H24N4O3S/c1-3-32-25(31)22-17-9-5-7-11-21(17)33-24(22)28-23(30)18-12-20(15-13-26-29(2)14-15)27-19-10-6-4-8-16(18)19/h4,6,8,10,12-14H,3,5,7,9,11H2,1-2H3,(H,28,30). The molecule has 0 spiro atoms. The van der Waals surface area contributed by atoms with Crippen LogP contribution in [0.1, 0.15) is 50.9 Å². The van der Waals surface area contributed by atoms with Gasteiger partial charge in [0.15, 0.2) is 0 Å². The summed E-state index contributed by atoms with van der Waals surface area (Å²) in [6.07, 6.45) is 7.47. The third kappa shape index (κ3) is 4.02. The van der Waals surface area contributed by atoms with Crippen LogP contribution in [0.3, 0.4) is 0 Å². The summed E-state index contributed by atoms with van der Waals surface area (Å²) >= 11 is 1.49. The fourth-order valence-corrected chi connectivity index (χ4v) is 5.58. The second-order valence-electron chi connectivity index (χ2n) is 8.06. The molecule has 1 N–H and O–H groups in total. The maximum atomic E-state index is 13.6. The van der Waals surface area contributed by atoms with Crippen LogP contribution in [0.2, 0.25) is 0 Å². The van der Waals surface area contributed by atoms with Crippen LogP contribution in [-0.4, -0.2) is 33.2 Å². The highest BCUT2D eigenvalue weighted by molar-refractivity contribution is 7.17. The highest BCUT2D eigenvalue weighted by atomic mass is 32.1. The molecule has 3 heterocycles. The number of pyridine rings is 1. The van der Waals surface area contributed by atoms with Crippen molar-refractivity contribution in [1.29, 1.82) is 0 Å². The molecule has 0 atom stereocenters. The van der Waals surface area contributed by atoms with Crippen LogP contribution in [-0.2, 0) is 24.6 Å². The average Bonchev–Trinajstić information content (AvgIpc) is 3.41. The van der Waals surface area contributed by atoms with E-state index in [0.717, 1.165) is 52.6 Å². The molecule has 0 saturated carbocycles. The molecule has 4 aromatic rings. The number of benzene rings is 1. The first-order valence-corrected chi connectivity index (χ1v) is 11.9. The normalized spacial score (nSPS) is 13.0. The number of carbonyl (C=O) groups excluding carboxylic acids is 2. The number of aromatic nitrogens is 3. The largest absolute Gasteiger partial charge is 0.462 e. The van der Waals surface area contributed by atoms with E-state index in [1.807, 2.05) is 37.5 Å². The van der Waals surface area contributed by atoms with Crippen LogP contribution in [0.25, 0.3) is 22.2 Å². The van der Waals surface area contributed by atoms with E-state index in [4.69, 9.17) is 9.72 Å². The molecular weight excluding hydrogens is 436 g/mol. The van der Waals surface area contributed by atoms with Gasteiger partial charge in [-0.3, -0.25) is 9.48 Å². The monoisotopic (exact) mass is 460 g/mol. The Hall–Kier alpha value is -3.52. The Labute approximate surface area is 195 Å². The predicted molar refractivity (Wildman–Crippen MR) is 129 cm³/mol. The minimum atomic E-state index is -0.372. The molecule has 0 unspecified atom stereocenters. The number of anilines is 1. The number of nitrogens with zero attached hydrogens (tertiary/aromatic N) is 3. The fourth-order valence-electron chi connectivity index (χ4n) is 4.31. The summed E-state index contributed by atoms with van der Waals surface area (Å²) in [7, 11) is 1.84. The molecular formula is C25H24N4O3S. The summed E-state index contributed by atoms with van der Waals surface area (Å²) in [6.45, 7) is 2.08. The van der Waals surface area contributed by atoms with Crippen LogP contribution in [0, 0.1) is 0 Å². The topological polar surface area (TPSA) is 86.1 Å². The quantitative estimate of drug-likeness (QED) is 0.423. The Morgan fingerprint density at radius 3 is 2.82 bits per heavy atom. The number of esters is 1. The smallest absolute Gasteiger partial charge is 0.341 e. The number of fused-ring (bicyclic) bond motifs is 2. The van der Waals surface area contributed by atoms with Gasteiger partial charge in [-0.2, -0.15) is 5.10 Å². The molecule has 0 aliphatic heterocycles. The molecule has 168 valence electrons. The summed E-state index contributed by atoms with van der Waals surface area (Å²) in [4.78, 5) is 32.2. The van der Waals surface area contributed by atoms with Crippen molar-refractivity contribution in [1.82, 2.24) is 14.8 Å². The van der Waals surface area contributed by atoms with Crippen molar-refractivity contribution in [2.75, 3.05) is 11.9 Å². The number of amides is 1. The highest BCUT2D eigenvalue weighted by Gasteiger charge is 2.28. The van der Waals surface area contributed by atoms with Gasteiger partial charge in [0.05, 0.1) is 35.1 Å². The second-order valence-corrected chi connectivity index (χ2v) is 9.17. The first kappa shape index (κ1) is 21.3. The zero-order valence-corrected chi connectivity index (χ0v) is 19.4. The van der Waals surface area contributed by atoms with Crippen molar-refractivity contribution in [3.8, 4) is 11.3 Å². The van der Waals surface area contributed by atoms with Gasteiger partial charge in [-0.05, 0) is 50.3 Å². The summed E-state index contributed by atoms with van der Waals surface area (Å²) < 4.78 is 7.03. The van der Waals surface area contributed by atoms with Crippen LogP contribution >= 0.6 is 11.3 Å². The Morgan fingerprint density at radius 2 is 2.03 bits per heavy atom. The molecule has 7 nitrogen and oxygen atoms in total. The van der Waals surface area contributed by atoms with Crippen molar-refractivity contribution in [2.45, 2.75) is 32.6 Å². The van der Waals surface area contributed by atoms with Crippen molar-refractivity contribution in [2.24, 2.45) is 7.05 Å². The second kappa shape index (κ2) is 8.78. The minimum Gasteiger partial charge on any atom is -0.462 e. The first-order chi connectivity index (χ1) is 16.0. The van der Waals surface area contributed by atoms with Gasteiger partial charge in [0.25, 0.3) is 5.91 Å². The van der Waals surface area contributed by atoms with Crippen LogP contribution in [0.5, 0.6) is 0 Å². The number of ether oxygens (including phenoxy) is 1. The molecule has 8 heteroatoms. The number of nitrogens with one attached hydrogen (secondary N) is 1. The van der Waals surface area contributed by atoms with Crippen LogP contribution in [0.4, 0.5) is 5.00 Å². The van der Waals surface area contributed by atoms with E-state index >= 15 is 0 Å². The molecule has 1 amide bonds. The van der Waals surface area contributed by atoms with Gasteiger partial charge in [-0.1, -0.05) is 18.2 Å². The van der Waals surface area contributed by atoms with E-state index in [0.29, 0.717) is 28.4 Å². The Morgan fingerprint density at radius 1 is 1.21 bits per heavy atom. The van der Waals surface area contributed by atoms with Crippen molar-refractivity contribution in [3.63, 3.8) is 0 Å². The molecule has 1 aromatic carbocycles. The maximum Gasteiger partial charge on any atom is 0.341 e. The molecule has 3 aromatic heterocycles. The zero-order chi connectivity index (χ0) is 22.9. The SMILES string of the molecule is CCOC(=O)c1c(NC(=O)c2cc(-c3cnn(C)c3)nc3ccccc23)sc2c1CCCC2. The number of para-hydroxylation sites is 1. The third-order valence-electron chi connectivity index (χ3n) is 5.84. The van der Waals surface area contributed by atoms with E-state index in [1.54, 1.807) is 23.9 Å². The van der Waals surface area contributed by atoms with E-state index in [-0.39, 0.29) is 11.9 Å². The minimum absolute atomic E-state index is 0.275. The van der Waals surface area contributed by atoms with E-state index in [2.05, 4.69) is 10.4 Å². The van der Waals surface area contributed by atoms with Gasteiger partial charge in [0.1, 0.15) is 5.00 Å². The van der Waals surface area contributed by atoms with E-state index in [1.165, 1.54) is 11.3 Å². The summed E-state index contributed by atoms with van der Waals surface area (Å²) in [5.74, 6) is -0.647. The number of carbonyl (C=O) groups is 2. The molecule has 1 aliphatic rings. The summed E-state index contributed by atoms with van der Waals surface area (Å²) in [5, 5.41) is 8.57. The maximum absolute atomic E-state index is 13.6. The highest BCUT2D eigenvalue weighted by Crippen LogP contribution is 2.39. The number of thiophene rings is 1. The molecule has 0 fully saturated rings. The molecule has 0 bridgehead atoms. The zero-order valence-electron chi connectivity index (χ0n) is 18.6. The lowest BCUT2D eigenvalue weighted by Crippen LogP contribution is -2.16. The van der Waals surface area contributed by atoms with Crippen molar-refractivity contribution in [3.05, 3.63) is 64.3 Å². The number of hydrogen-bond acceptors (Lipinski definition) is 6. The first-order valence-electron chi connectivity index (χ1n) is 11.1. The van der Waals surface area contributed by atoms with Gasteiger partial charge >= 0.3 is 5.97 Å². The molecule has 0 saturated heterocycles. The van der Waals surface area contributed by atoms with Gasteiger partial charge in [-0.15, -0.1) is 11.3 Å². The summed E-state index contributed by atoms with van der Waals surface area (Å²) in [5.41, 5.74) is 4.26. The lowest BCUT2D eigenvalue weighted by Gasteiger charge is -2.13. The van der Waals surface area contributed by atoms with Gasteiger partial charge in [-0.25, -0.2) is 9.78 Å². The predicted octanol–water partition coefficient (Wildman–Crippen LogP) is 5.00. The van der Waals surface area contributed by atoms with Crippen LogP contribution in [0.15, 0.2) is 42.7 Å². The van der Waals surface area contributed by atoms with Gasteiger partial charge in [0, 0.05) is 29.1 Å². The van der Waals surface area contributed by atoms with Gasteiger partial charge < -0.3 is 10.1 Å². The Kier molecular flexibility index (Phi) is 5.68. The molecule has 5 rings (SSSR count).